The van der Waals surface area contributed by atoms with Gasteiger partial charge >= 0.3 is 15.6 Å². The summed E-state index contributed by atoms with van der Waals surface area (Å²) in [6, 6.07) is 0. The average Bonchev–Trinajstić information content (AvgIpc) is 3.01. The van der Waals surface area contributed by atoms with Crippen LogP contribution in [0.5, 0.6) is 0 Å². The first-order valence-electron chi connectivity index (χ1n) is 7.99. The molecule has 0 aliphatic carbocycles. The third kappa shape index (κ3) is 4.72. The van der Waals surface area contributed by atoms with Gasteiger partial charge in [0.1, 0.15) is 24.4 Å². The van der Waals surface area contributed by atoms with Crippen LogP contribution in [0.2, 0.25) is 0 Å². The number of hydrogen-bond acceptors (Lipinski definition) is 10. The summed E-state index contributed by atoms with van der Waals surface area (Å²) in [5, 5.41) is 20.3. The molecule has 3 rings (SSSR count). The highest BCUT2D eigenvalue weighted by Crippen LogP contribution is 2.49. The summed E-state index contributed by atoms with van der Waals surface area (Å²) in [5.41, 5.74) is 0. The minimum atomic E-state index is -4.57. The zero-order chi connectivity index (χ0) is 19.1. The molecule has 0 spiro atoms. The molecule has 4 N–H and O–H groups in total. The summed E-state index contributed by atoms with van der Waals surface area (Å²) >= 11 is 0. The highest BCUT2D eigenvalue weighted by atomic mass is 31.2. The Hall–Kier alpha value is 0.0600. The largest absolute Gasteiger partial charge is 0.472 e. The first-order valence-corrected chi connectivity index (χ1v) is 11.0. The summed E-state index contributed by atoms with van der Waals surface area (Å²) in [6.07, 6.45) is -6.35. The molecule has 3 fully saturated rings. The van der Waals surface area contributed by atoms with E-state index in [-0.39, 0.29) is 13.2 Å². The van der Waals surface area contributed by atoms with E-state index in [1.54, 1.807) is 6.92 Å². The normalized spacial score (nSPS) is 53.8. The van der Waals surface area contributed by atoms with Crippen molar-refractivity contribution in [3.8, 4) is 0 Å². The molecule has 9 unspecified atom stereocenters. The third-order valence-electron chi connectivity index (χ3n) is 4.55. The lowest BCUT2D eigenvalue weighted by Gasteiger charge is -2.21. The molecule has 0 saturated carbocycles. The molecule has 4 bridgehead atoms. The Morgan fingerprint density at radius 3 is 2.15 bits per heavy atom. The van der Waals surface area contributed by atoms with Gasteiger partial charge in [0, 0.05) is 5.92 Å². The number of fused-ring (bicyclic) bond motifs is 4. The van der Waals surface area contributed by atoms with Crippen molar-refractivity contribution in [1.82, 2.24) is 0 Å². The average molecular weight is 420 g/mol. The minimum Gasteiger partial charge on any atom is -0.390 e. The Kier molecular flexibility index (Phi) is 6.25. The standard InChI is InChI=1S/C12H22O12P2/c1-6-7-2-20-25(15,16)21-4-8-12(14)10(3-19-8)24-26(17,18)22-5-9(23-6)11(7)13/h6-14H,2-5H2,1H3,(H,15,16)(H,17,18). The van der Waals surface area contributed by atoms with Gasteiger partial charge in [-0.2, -0.15) is 0 Å². The molecule has 12 nitrogen and oxygen atoms in total. The van der Waals surface area contributed by atoms with Crippen molar-refractivity contribution in [2.75, 3.05) is 26.4 Å². The van der Waals surface area contributed by atoms with Crippen molar-refractivity contribution < 1.29 is 56.7 Å². The lowest BCUT2D eigenvalue weighted by Crippen LogP contribution is -2.34. The van der Waals surface area contributed by atoms with E-state index in [2.05, 4.69) is 0 Å². The molecule has 26 heavy (non-hydrogen) atoms. The van der Waals surface area contributed by atoms with Crippen LogP contribution in [0.25, 0.3) is 0 Å². The van der Waals surface area contributed by atoms with Crippen molar-refractivity contribution in [2.45, 2.75) is 43.5 Å². The van der Waals surface area contributed by atoms with Crippen molar-refractivity contribution in [2.24, 2.45) is 5.92 Å². The second-order valence-corrected chi connectivity index (χ2v) is 9.22. The van der Waals surface area contributed by atoms with E-state index in [1.807, 2.05) is 0 Å². The van der Waals surface area contributed by atoms with Gasteiger partial charge in [-0.25, -0.2) is 9.13 Å². The van der Waals surface area contributed by atoms with Crippen molar-refractivity contribution >= 4 is 15.6 Å². The van der Waals surface area contributed by atoms with Crippen LogP contribution in [0.15, 0.2) is 0 Å². The molecular weight excluding hydrogens is 398 g/mol. The smallest absolute Gasteiger partial charge is 0.390 e. The van der Waals surface area contributed by atoms with Crippen molar-refractivity contribution in [1.29, 1.82) is 0 Å². The van der Waals surface area contributed by atoms with Gasteiger partial charge < -0.3 is 29.5 Å². The van der Waals surface area contributed by atoms with E-state index in [0.717, 1.165) is 0 Å². The first-order chi connectivity index (χ1) is 12.1. The zero-order valence-electron chi connectivity index (χ0n) is 13.8. The summed E-state index contributed by atoms with van der Waals surface area (Å²) in [5.74, 6) is -0.685. The SMILES string of the molecule is CC1OC2COP(=O)(O)OC3COC(COP(=O)(O)OCC1C2O)C3O. The van der Waals surface area contributed by atoms with Gasteiger partial charge in [0.25, 0.3) is 0 Å². The van der Waals surface area contributed by atoms with Crippen LogP contribution in [0.1, 0.15) is 6.92 Å². The number of aliphatic hydroxyl groups excluding tert-OH is 2. The minimum absolute atomic E-state index is 0.249. The maximum absolute atomic E-state index is 12.1. The van der Waals surface area contributed by atoms with Crippen LogP contribution in [-0.4, -0.2) is 83.1 Å². The topological polar surface area (TPSA) is 170 Å². The van der Waals surface area contributed by atoms with Crippen LogP contribution in [0.3, 0.4) is 0 Å². The number of phosphoric ester groups is 2. The maximum atomic E-state index is 12.1. The van der Waals surface area contributed by atoms with Gasteiger partial charge in [-0.15, -0.1) is 0 Å². The van der Waals surface area contributed by atoms with Crippen LogP contribution < -0.4 is 0 Å². The molecule has 3 aliphatic heterocycles. The van der Waals surface area contributed by atoms with Gasteiger partial charge in [0.15, 0.2) is 0 Å². The van der Waals surface area contributed by atoms with Gasteiger partial charge in [-0.3, -0.25) is 18.1 Å². The Labute approximate surface area is 149 Å². The fourth-order valence-corrected chi connectivity index (χ4v) is 4.73. The number of ether oxygens (including phenoxy) is 2. The summed E-state index contributed by atoms with van der Waals surface area (Å²) in [4.78, 5) is 19.6. The number of hydrogen-bond donors (Lipinski definition) is 4. The maximum Gasteiger partial charge on any atom is 0.472 e. The third-order valence-corrected chi connectivity index (χ3v) is 6.51. The van der Waals surface area contributed by atoms with E-state index >= 15 is 0 Å². The van der Waals surface area contributed by atoms with Crippen LogP contribution in [0.4, 0.5) is 0 Å². The van der Waals surface area contributed by atoms with Gasteiger partial charge in [0.05, 0.1) is 38.6 Å². The van der Waals surface area contributed by atoms with E-state index in [4.69, 9.17) is 27.6 Å². The number of phosphoric acid groups is 2. The highest BCUT2D eigenvalue weighted by Gasteiger charge is 2.46. The molecule has 14 heteroatoms. The quantitative estimate of drug-likeness (QED) is 0.359. The fourth-order valence-electron chi connectivity index (χ4n) is 3.03. The molecular formula is C12H22O12P2. The lowest BCUT2D eigenvalue weighted by atomic mass is 9.98. The van der Waals surface area contributed by atoms with Crippen LogP contribution in [-0.2, 0) is 36.7 Å². The predicted molar refractivity (Wildman–Crippen MR) is 82.0 cm³/mol. The Morgan fingerprint density at radius 1 is 0.808 bits per heavy atom. The van der Waals surface area contributed by atoms with Crippen LogP contribution in [0, 0.1) is 5.92 Å². The van der Waals surface area contributed by atoms with E-state index in [9.17, 15) is 29.1 Å². The van der Waals surface area contributed by atoms with Gasteiger partial charge in [-0.1, -0.05) is 0 Å². The molecule has 3 saturated heterocycles. The summed E-state index contributed by atoms with van der Waals surface area (Å²) in [7, 11) is -9.05. The Morgan fingerprint density at radius 2 is 1.42 bits per heavy atom. The predicted octanol–water partition coefficient (Wildman–Crippen LogP) is -0.840. The van der Waals surface area contributed by atoms with Crippen LogP contribution >= 0.6 is 15.6 Å². The van der Waals surface area contributed by atoms with Crippen molar-refractivity contribution in [3.63, 3.8) is 0 Å². The second kappa shape index (κ2) is 7.82. The molecule has 3 heterocycles. The van der Waals surface area contributed by atoms with Crippen molar-refractivity contribution in [3.05, 3.63) is 0 Å². The number of aliphatic hydroxyl groups is 2. The van der Waals surface area contributed by atoms with Gasteiger partial charge in [0.2, 0.25) is 0 Å². The molecule has 3 aliphatic rings. The molecule has 0 radical (unpaired) electrons. The van der Waals surface area contributed by atoms with E-state index in [1.165, 1.54) is 0 Å². The van der Waals surface area contributed by atoms with E-state index in [0.29, 0.717) is 0 Å². The number of rotatable bonds is 0. The summed E-state index contributed by atoms with van der Waals surface area (Å²) < 4.78 is 54.1. The first kappa shape index (κ1) is 20.8. The lowest BCUT2D eigenvalue weighted by molar-refractivity contribution is -0.0289. The monoisotopic (exact) mass is 420 g/mol. The molecule has 0 aromatic rings. The van der Waals surface area contributed by atoms with E-state index < -0.39 is 71.4 Å². The fraction of sp³-hybridized carbons (Fsp3) is 1.00. The molecule has 9 atom stereocenters. The highest BCUT2D eigenvalue weighted by molar-refractivity contribution is 7.47. The summed E-state index contributed by atoms with van der Waals surface area (Å²) in [6.45, 7) is 0.0460. The molecule has 152 valence electrons. The zero-order valence-corrected chi connectivity index (χ0v) is 15.6. The molecule has 0 amide bonds. The second-order valence-electron chi connectivity index (χ2n) is 6.36. The molecule has 0 aromatic carbocycles. The van der Waals surface area contributed by atoms with Gasteiger partial charge in [-0.05, 0) is 6.92 Å². The Bertz CT molecular complexity index is 601. The molecule has 0 aromatic heterocycles. The Balaban J connectivity index is 1.78.